The second kappa shape index (κ2) is 6.26. The van der Waals surface area contributed by atoms with Crippen LogP contribution in [-0.2, 0) is 6.54 Å². The molecular weight excluding hydrogens is 238 g/mol. The van der Waals surface area contributed by atoms with Crippen LogP contribution in [0, 0.1) is 0 Å². The Labute approximate surface area is 116 Å². The summed E-state index contributed by atoms with van der Waals surface area (Å²) in [7, 11) is 2.18. The van der Waals surface area contributed by atoms with Crippen LogP contribution in [0.2, 0.25) is 0 Å². The van der Waals surface area contributed by atoms with Crippen molar-refractivity contribution in [3.8, 4) is 5.75 Å². The first-order valence-corrected chi connectivity index (χ1v) is 7.04. The summed E-state index contributed by atoms with van der Waals surface area (Å²) in [6.07, 6.45) is 0. The van der Waals surface area contributed by atoms with Crippen LogP contribution in [0.15, 0.2) is 18.2 Å². The third kappa shape index (κ3) is 3.61. The molecule has 1 atom stereocenters. The Morgan fingerprint density at radius 1 is 1.37 bits per heavy atom. The van der Waals surface area contributed by atoms with Crippen molar-refractivity contribution in [2.24, 2.45) is 0 Å². The molecule has 4 nitrogen and oxygen atoms in total. The van der Waals surface area contributed by atoms with Gasteiger partial charge in [-0.3, -0.25) is 4.90 Å². The lowest BCUT2D eigenvalue weighted by molar-refractivity contribution is 0.0929. The zero-order chi connectivity index (χ0) is 13.8. The number of anilines is 1. The Kier molecular flexibility index (Phi) is 4.66. The molecule has 106 valence electrons. The fourth-order valence-corrected chi connectivity index (χ4v) is 2.65. The van der Waals surface area contributed by atoms with E-state index in [-0.39, 0.29) is 0 Å². The highest BCUT2D eigenvalue weighted by Crippen LogP contribution is 2.24. The molecule has 1 fully saturated rings. The van der Waals surface area contributed by atoms with E-state index < -0.39 is 0 Å². The minimum Gasteiger partial charge on any atom is -0.494 e. The second-order valence-corrected chi connectivity index (χ2v) is 5.38. The molecule has 0 aliphatic carbocycles. The number of hydrogen-bond donors (Lipinski definition) is 1. The van der Waals surface area contributed by atoms with Gasteiger partial charge in [-0.05, 0) is 39.1 Å². The summed E-state index contributed by atoms with van der Waals surface area (Å²) < 4.78 is 5.70. The molecule has 0 bridgehead atoms. The maximum absolute atomic E-state index is 5.90. The van der Waals surface area contributed by atoms with Gasteiger partial charge >= 0.3 is 0 Å². The van der Waals surface area contributed by atoms with Crippen LogP contribution in [0.3, 0.4) is 0 Å². The number of nitrogens with two attached hydrogens (primary N) is 1. The zero-order valence-corrected chi connectivity index (χ0v) is 12.2. The average Bonchev–Trinajstić information content (AvgIpc) is 2.36. The smallest absolute Gasteiger partial charge is 0.123 e. The largest absolute Gasteiger partial charge is 0.494 e. The predicted octanol–water partition coefficient (Wildman–Crippen LogP) is 1.80. The third-order valence-corrected chi connectivity index (χ3v) is 3.73. The number of ether oxygens (including phenoxy) is 1. The number of nitrogen functional groups attached to an aromatic ring is 1. The van der Waals surface area contributed by atoms with Gasteiger partial charge in [0.1, 0.15) is 5.75 Å². The molecule has 4 heteroatoms. The van der Waals surface area contributed by atoms with E-state index in [0.29, 0.717) is 12.6 Å². The first-order chi connectivity index (χ1) is 9.10. The van der Waals surface area contributed by atoms with E-state index in [2.05, 4.69) is 23.8 Å². The molecule has 19 heavy (non-hydrogen) atoms. The Morgan fingerprint density at radius 2 is 2.16 bits per heavy atom. The number of likely N-dealkylation sites (N-methyl/N-ethyl adjacent to an activating group) is 1. The van der Waals surface area contributed by atoms with Crippen molar-refractivity contribution in [1.82, 2.24) is 9.80 Å². The minimum absolute atomic E-state index is 0.564. The van der Waals surface area contributed by atoms with E-state index in [1.807, 2.05) is 25.1 Å². The highest BCUT2D eigenvalue weighted by Gasteiger charge is 2.22. The van der Waals surface area contributed by atoms with Crippen LogP contribution in [-0.4, -0.2) is 49.1 Å². The molecule has 1 aromatic rings. The summed E-state index contributed by atoms with van der Waals surface area (Å²) >= 11 is 0. The molecule has 1 aromatic carbocycles. The van der Waals surface area contributed by atoms with Crippen LogP contribution in [0.5, 0.6) is 5.75 Å². The molecule has 2 rings (SSSR count). The molecule has 0 saturated carbocycles. The topological polar surface area (TPSA) is 41.7 Å². The molecule has 1 aliphatic rings. The van der Waals surface area contributed by atoms with Crippen LogP contribution in [0.25, 0.3) is 0 Å². The summed E-state index contributed by atoms with van der Waals surface area (Å²) in [6, 6.07) is 6.49. The summed E-state index contributed by atoms with van der Waals surface area (Å²) in [4.78, 5) is 4.88. The average molecular weight is 263 g/mol. The van der Waals surface area contributed by atoms with Crippen LogP contribution < -0.4 is 10.5 Å². The van der Waals surface area contributed by atoms with E-state index in [4.69, 9.17) is 10.5 Å². The van der Waals surface area contributed by atoms with Crippen molar-refractivity contribution >= 4 is 5.69 Å². The number of piperazine rings is 1. The highest BCUT2D eigenvalue weighted by molar-refractivity contribution is 5.47. The lowest BCUT2D eigenvalue weighted by atomic mass is 10.1. The van der Waals surface area contributed by atoms with Gasteiger partial charge in [0.2, 0.25) is 0 Å². The van der Waals surface area contributed by atoms with E-state index in [0.717, 1.165) is 37.6 Å². The molecule has 0 amide bonds. The van der Waals surface area contributed by atoms with Crippen molar-refractivity contribution in [2.45, 2.75) is 26.4 Å². The van der Waals surface area contributed by atoms with Gasteiger partial charge in [0.15, 0.2) is 0 Å². The highest BCUT2D eigenvalue weighted by atomic mass is 16.5. The Balaban J connectivity index is 2.11. The van der Waals surface area contributed by atoms with Crippen molar-refractivity contribution in [3.05, 3.63) is 23.8 Å². The van der Waals surface area contributed by atoms with Gasteiger partial charge in [0.25, 0.3) is 0 Å². The monoisotopic (exact) mass is 263 g/mol. The maximum atomic E-state index is 5.90. The summed E-state index contributed by atoms with van der Waals surface area (Å²) in [5.41, 5.74) is 7.90. The first-order valence-electron chi connectivity index (χ1n) is 7.04. The van der Waals surface area contributed by atoms with Crippen molar-refractivity contribution in [3.63, 3.8) is 0 Å². The van der Waals surface area contributed by atoms with E-state index >= 15 is 0 Å². The van der Waals surface area contributed by atoms with Crippen LogP contribution in [0.4, 0.5) is 5.69 Å². The van der Waals surface area contributed by atoms with Crippen molar-refractivity contribution < 1.29 is 4.74 Å². The Morgan fingerprint density at radius 3 is 2.84 bits per heavy atom. The fraction of sp³-hybridized carbons (Fsp3) is 0.600. The summed E-state index contributed by atoms with van der Waals surface area (Å²) in [5.74, 6) is 0.961. The van der Waals surface area contributed by atoms with E-state index in [1.165, 1.54) is 5.56 Å². The van der Waals surface area contributed by atoms with E-state index in [9.17, 15) is 0 Å². The first kappa shape index (κ1) is 14.2. The quantitative estimate of drug-likeness (QED) is 0.841. The molecule has 1 aliphatic heterocycles. The standard InChI is InChI=1S/C15H25N3O/c1-4-19-15-6-5-14(16)9-13(15)11-18-8-7-17(3)10-12(18)2/h5-6,9,12H,4,7-8,10-11,16H2,1-3H3. The molecule has 1 unspecified atom stereocenters. The van der Waals surface area contributed by atoms with Gasteiger partial charge in [-0.15, -0.1) is 0 Å². The molecule has 2 N–H and O–H groups in total. The fourth-order valence-electron chi connectivity index (χ4n) is 2.65. The minimum atomic E-state index is 0.564. The molecular formula is C15H25N3O. The lowest BCUT2D eigenvalue weighted by Crippen LogP contribution is -2.49. The molecule has 1 heterocycles. The van der Waals surface area contributed by atoms with Gasteiger partial charge in [-0.2, -0.15) is 0 Å². The van der Waals surface area contributed by atoms with Gasteiger partial charge in [0.05, 0.1) is 6.61 Å². The van der Waals surface area contributed by atoms with Gasteiger partial charge in [-0.1, -0.05) is 0 Å². The van der Waals surface area contributed by atoms with Gasteiger partial charge < -0.3 is 15.4 Å². The molecule has 0 radical (unpaired) electrons. The number of benzene rings is 1. The maximum Gasteiger partial charge on any atom is 0.123 e. The second-order valence-electron chi connectivity index (χ2n) is 5.38. The predicted molar refractivity (Wildman–Crippen MR) is 79.4 cm³/mol. The number of nitrogens with zero attached hydrogens (tertiary/aromatic N) is 2. The van der Waals surface area contributed by atoms with Gasteiger partial charge in [0, 0.05) is 43.5 Å². The summed E-state index contributed by atoms with van der Waals surface area (Å²) in [5, 5.41) is 0. The molecule has 0 spiro atoms. The van der Waals surface area contributed by atoms with Crippen molar-refractivity contribution in [2.75, 3.05) is 39.0 Å². The van der Waals surface area contributed by atoms with Crippen LogP contribution >= 0.6 is 0 Å². The molecule has 0 aromatic heterocycles. The van der Waals surface area contributed by atoms with E-state index in [1.54, 1.807) is 0 Å². The third-order valence-electron chi connectivity index (χ3n) is 3.73. The zero-order valence-electron chi connectivity index (χ0n) is 12.2. The summed E-state index contributed by atoms with van der Waals surface area (Å²) in [6.45, 7) is 9.23. The Hall–Kier alpha value is -1.26. The Bertz CT molecular complexity index is 422. The lowest BCUT2D eigenvalue weighted by Gasteiger charge is -2.38. The van der Waals surface area contributed by atoms with Crippen molar-refractivity contribution in [1.29, 1.82) is 0 Å². The number of rotatable bonds is 4. The van der Waals surface area contributed by atoms with Gasteiger partial charge in [-0.25, -0.2) is 0 Å². The normalized spacial score (nSPS) is 21.5. The SMILES string of the molecule is CCOc1ccc(N)cc1CN1CCN(C)CC1C. The molecule has 1 saturated heterocycles. The number of hydrogen-bond acceptors (Lipinski definition) is 4. The van der Waals surface area contributed by atoms with Crippen LogP contribution in [0.1, 0.15) is 19.4 Å².